The fraction of sp³-hybridized carbons (Fsp3) is 0.0769. The van der Waals surface area contributed by atoms with E-state index in [9.17, 15) is 10.5 Å². The fourth-order valence-electron chi connectivity index (χ4n) is 1.75. The van der Waals surface area contributed by atoms with Crippen LogP contribution in [0.3, 0.4) is 0 Å². The van der Waals surface area contributed by atoms with E-state index in [2.05, 4.69) is 16.0 Å². The molecule has 0 spiro atoms. The van der Waals surface area contributed by atoms with Crippen molar-refractivity contribution in [3.63, 3.8) is 0 Å². The third-order valence-electron chi connectivity index (χ3n) is 2.56. The zero-order chi connectivity index (χ0) is 13.8. The Balaban J connectivity index is 2.88. The molecule has 0 aliphatic carbocycles. The number of pyridine rings is 2. The molecule has 0 unspecified atom stereocenters. The third-order valence-corrected chi connectivity index (χ3v) is 3.24. The smallest absolute Gasteiger partial charge is 0.143 e. The molecule has 2 aromatic heterocycles. The van der Waals surface area contributed by atoms with E-state index >= 15 is 0 Å². The molecule has 0 fully saturated rings. The Morgan fingerprint density at radius 1 is 1.26 bits per heavy atom. The van der Waals surface area contributed by atoms with E-state index in [4.69, 9.17) is 5.73 Å². The molecule has 0 radical (unpaired) electrons. The lowest BCUT2D eigenvalue weighted by Gasteiger charge is -2.11. The summed E-state index contributed by atoms with van der Waals surface area (Å²) in [6.07, 6.45) is 5.03. The van der Waals surface area contributed by atoms with Crippen molar-refractivity contribution in [2.24, 2.45) is 0 Å². The number of nitrogen functional groups attached to an aromatic ring is 1. The molecule has 0 bridgehead atoms. The van der Waals surface area contributed by atoms with Crippen LogP contribution in [0.4, 0.5) is 5.82 Å². The van der Waals surface area contributed by atoms with Gasteiger partial charge in [-0.25, -0.2) is 4.98 Å². The van der Waals surface area contributed by atoms with Crippen LogP contribution in [-0.2, 0) is 0 Å². The van der Waals surface area contributed by atoms with E-state index in [0.717, 1.165) is 0 Å². The van der Waals surface area contributed by atoms with Crippen molar-refractivity contribution in [2.45, 2.75) is 5.03 Å². The zero-order valence-electron chi connectivity index (χ0n) is 10.1. The lowest BCUT2D eigenvalue weighted by Crippen LogP contribution is -2.03. The van der Waals surface area contributed by atoms with Crippen molar-refractivity contribution in [3.8, 4) is 23.3 Å². The van der Waals surface area contributed by atoms with Gasteiger partial charge in [-0.1, -0.05) is 6.07 Å². The minimum atomic E-state index is 0.129. The van der Waals surface area contributed by atoms with Gasteiger partial charge in [-0.15, -0.1) is 11.8 Å². The molecule has 2 heterocycles. The van der Waals surface area contributed by atoms with Gasteiger partial charge >= 0.3 is 0 Å². The number of hydrogen-bond donors (Lipinski definition) is 1. The largest absolute Gasteiger partial charge is 0.383 e. The minimum Gasteiger partial charge on any atom is -0.383 e. The predicted octanol–water partition coefficient (Wildman–Crippen LogP) is 2.19. The van der Waals surface area contributed by atoms with Gasteiger partial charge in [0.05, 0.1) is 5.56 Å². The Hall–Kier alpha value is -2.57. The molecule has 6 heteroatoms. The van der Waals surface area contributed by atoms with Crippen LogP contribution in [0.1, 0.15) is 11.1 Å². The number of hydrogen-bond acceptors (Lipinski definition) is 6. The summed E-state index contributed by atoms with van der Waals surface area (Å²) in [6, 6.07) is 7.64. The van der Waals surface area contributed by atoms with Crippen molar-refractivity contribution in [1.29, 1.82) is 10.5 Å². The van der Waals surface area contributed by atoms with Gasteiger partial charge in [0, 0.05) is 23.5 Å². The molecule has 2 rings (SSSR count). The average Bonchev–Trinajstić information content (AvgIpc) is 2.46. The Kier molecular flexibility index (Phi) is 3.65. The highest BCUT2D eigenvalue weighted by Crippen LogP contribution is 2.34. The lowest BCUT2D eigenvalue weighted by atomic mass is 9.98. The maximum Gasteiger partial charge on any atom is 0.143 e. The molecule has 0 saturated carbocycles. The normalized spacial score (nSPS) is 9.63. The summed E-state index contributed by atoms with van der Waals surface area (Å²) in [4.78, 5) is 8.10. The van der Waals surface area contributed by atoms with E-state index in [-0.39, 0.29) is 11.4 Å². The van der Waals surface area contributed by atoms with Gasteiger partial charge in [-0.3, -0.25) is 4.98 Å². The topological polar surface area (TPSA) is 99.4 Å². The van der Waals surface area contributed by atoms with E-state index < -0.39 is 0 Å². The predicted molar refractivity (Wildman–Crippen MR) is 73.1 cm³/mol. The van der Waals surface area contributed by atoms with Crippen molar-refractivity contribution in [2.75, 3.05) is 12.0 Å². The number of rotatable bonds is 2. The van der Waals surface area contributed by atoms with Crippen LogP contribution in [0.25, 0.3) is 11.1 Å². The molecule has 0 aromatic carbocycles. The Morgan fingerprint density at radius 3 is 2.53 bits per heavy atom. The summed E-state index contributed by atoms with van der Waals surface area (Å²) in [5.41, 5.74) is 7.53. The first-order chi connectivity index (χ1) is 9.22. The number of aromatic nitrogens is 2. The van der Waals surface area contributed by atoms with Crippen LogP contribution in [0.2, 0.25) is 0 Å². The van der Waals surface area contributed by atoms with Gasteiger partial charge in [0.2, 0.25) is 0 Å². The summed E-state index contributed by atoms with van der Waals surface area (Å²) < 4.78 is 0. The monoisotopic (exact) mass is 267 g/mol. The average molecular weight is 267 g/mol. The first-order valence-electron chi connectivity index (χ1n) is 5.31. The first kappa shape index (κ1) is 12.9. The van der Waals surface area contributed by atoms with Gasteiger partial charge in [0.1, 0.15) is 28.5 Å². The molecule has 2 aromatic rings. The zero-order valence-corrected chi connectivity index (χ0v) is 10.9. The standard InChI is InChI=1S/C13H9N5S/c1-19-13-10(6-15)11(8-3-2-4-17-7-8)9(5-14)12(16)18-13/h2-4,7H,1H3,(H2,16,18). The van der Waals surface area contributed by atoms with Crippen molar-refractivity contribution in [1.82, 2.24) is 9.97 Å². The van der Waals surface area contributed by atoms with Crippen LogP contribution >= 0.6 is 11.8 Å². The summed E-state index contributed by atoms with van der Waals surface area (Å²) in [5.74, 6) is 0.129. The van der Waals surface area contributed by atoms with E-state index in [1.54, 1.807) is 24.5 Å². The van der Waals surface area contributed by atoms with Crippen LogP contribution in [0.15, 0.2) is 29.6 Å². The minimum absolute atomic E-state index is 0.129. The summed E-state index contributed by atoms with van der Waals surface area (Å²) in [5, 5.41) is 19.1. The molecule has 92 valence electrons. The van der Waals surface area contributed by atoms with Crippen LogP contribution in [-0.4, -0.2) is 16.2 Å². The molecule has 5 nitrogen and oxygen atoms in total. The number of nitrogens with zero attached hydrogens (tertiary/aromatic N) is 4. The third kappa shape index (κ3) is 2.22. The number of thioether (sulfide) groups is 1. The Labute approximate surface area is 114 Å². The van der Waals surface area contributed by atoms with Crippen LogP contribution in [0.5, 0.6) is 0 Å². The molecule has 0 atom stereocenters. The van der Waals surface area contributed by atoms with Crippen molar-refractivity contribution >= 4 is 17.6 Å². The molecule has 0 aliphatic heterocycles. The van der Waals surface area contributed by atoms with E-state index in [1.807, 2.05) is 12.3 Å². The van der Waals surface area contributed by atoms with Gasteiger partial charge in [-0.2, -0.15) is 10.5 Å². The SMILES string of the molecule is CSc1nc(N)c(C#N)c(-c2cccnc2)c1C#N. The second-order valence-electron chi connectivity index (χ2n) is 3.60. The van der Waals surface area contributed by atoms with Gasteiger partial charge < -0.3 is 5.73 Å². The summed E-state index contributed by atoms with van der Waals surface area (Å²) >= 11 is 1.32. The quantitative estimate of drug-likeness (QED) is 0.837. The molecule has 0 saturated heterocycles. The van der Waals surface area contributed by atoms with Crippen molar-refractivity contribution in [3.05, 3.63) is 35.7 Å². The molecular formula is C13H9N5S. The molecule has 0 aliphatic rings. The number of nitriles is 2. The molecule has 19 heavy (non-hydrogen) atoms. The molecule has 2 N–H and O–H groups in total. The Bertz CT molecular complexity index is 698. The second kappa shape index (κ2) is 5.38. The Morgan fingerprint density at radius 2 is 2.00 bits per heavy atom. The number of anilines is 1. The van der Waals surface area contributed by atoms with Gasteiger partial charge in [-0.05, 0) is 12.3 Å². The lowest BCUT2D eigenvalue weighted by molar-refractivity contribution is 1.12. The van der Waals surface area contributed by atoms with Crippen LogP contribution in [0, 0.1) is 22.7 Å². The summed E-state index contributed by atoms with van der Waals surface area (Å²) in [7, 11) is 0. The maximum absolute atomic E-state index is 9.33. The highest BCUT2D eigenvalue weighted by molar-refractivity contribution is 7.98. The first-order valence-corrected chi connectivity index (χ1v) is 6.53. The highest BCUT2D eigenvalue weighted by atomic mass is 32.2. The maximum atomic E-state index is 9.33. The van der Waals surface area contributed by atoms with Gasteiger partial charge in [0.15, 0.2) is 0 Å². The van der Waals surface area contributed by atoms with E-state index in [0.29, 0.717) is 21.7 Å². The number of nitrogens with two attached hydrogens (primary N) is 1. The summed E-state index contributed by atoms with van der Waals surface area (Å²) in [6.45, 7) is 0. The van der Waals surface area contributed by atoms with Gasteiger partial charge in [0.25, 0.3) is 0 Å². The highest BCUT2D eigenvalue weighted by Gasteiger charge is 2.19. The molecular weight excluding hydrogens is 258 g/mol. The fourth-order valence-corrected chi connectivity index (χ4v) is 2.29. The van der Waals surface area contributed by atoms with E-state index in [1.165, 1.54) is 11.8 Å². The van der Waals surface area contributed by atoms with Crippen LogP contribution < -0.4 is 5.73 Å². The molecule has 0 amide bonds. The second-order valence-corrected chi connectivity index (χ2v) is 4.39. The van der Waals surface area contributed by atoms with Crippen molar-refractivity contribution < 1.29 is 0 Å².